The molecule has 0 radical (unpaired) electrons. The largest absolute Gasteiger partial charge is 0.283 e. The summed E-state index contributed by atoms with van der Waals surface area (Å²) < 4.78 is 0. The van der Waals surface area contributed by atoms with Crippen LogP contribution in [0.3, 0.4) is 0 Å². The molecular weight excluding hydrogens is 464 g/mol. The Morgan fingerprint density at radius 2 is 1.88 bits per heavy atom. The van der Waals surface area contributed by atoms with Crippen LogP contribution in [0, 0.1) is 10.1 Å². The molecule has 0 saturated heterocycles. The van der Waals surface area contributed by atoms with Crippen LogP contribution in [0.1, 0.15) is 15.9 Å². The van der Waals surface area contributed by atoms with Crippen LogP contribution >= 0.6 is 23.4 Å². The zero-order chi connectivity index (χ0) is 23.2. The van der Waals surface area contributed by atoms with Gasteiger partial charge in [-0.25, -0.2) is 10.4 Å². The molecule has 33 heavy (non-hydrogen) atoms. The van der Waals surface area contributed by atoms with Crippen molar-refractivity contribution in [3.05, 3.63) is 99.1 Å². The number of rotatable bonds is 7. The molecule has 164 valence electrons. The van der Waals surface area contributed by atoms with Crippen LogP contribution in [-0.4, -0.2) is 32.2 Å². The second kappa shape index (κ2) is 10.1. The van der Waals surface area contributed by atoms with E-state index in [9.17, 15) is 14.9 Å². The number of nitro benzene ring substituents is 1. The second-order valence-electron chi connectivity index (χ2n) is 6.62. The van der Waals surface area contributed by atoms with Crippen molar-refractivity contribution in [3.8, 4) is 11.4 Å². The van der Waals surface area contributed by atoms with Gasteiger partial charge in [-0.1, -0.05) is 48.0 Å². The number of nitro groups is 1. The number of amides is 1. The molecule has 0 fully saturated rings. The monoisotopic (exact) mass is 478 g/mol. The van der Waals surface area contributed by atoms with E-state index in [2.05, 4.69) is 25.7 Å². The predicted octanol–water partition coefficient (Wildman–Crippen LogP) is 4.95. The van der Waals surface area contributed by atoms with Crippen LogP contribution in [0.2, 0.25) is 5.02 Å². The fraction of sp³-hybridized carbons (Fsp3) is 0. The molecule has 4 aromatic rings. The van der Waals surface area contributed by atoms with E-state index < -0.39 is 10.8 Å². The molecule has 4 rings (SSSR count). The molecule has 0 bridgehead atoms. The maximum absolute atomic E-state index is 12.1. The Morgan fingerprint density at radius 1 is 1.12 bits per heavy atom. The standard InChI is InChI=1S/C22H15ClN6O3S/c23-17-9-7-16(8-10-17)21(30)27-24-13-14-6-11-19(18(12-14)29(31)32)33-22-25-20(26-28-22)15-4-2-1-3-5-15/h1-13H,(H,27,30)(H,25,26,28)/b24-13-. The van der Waals surface area contributed by atoms with E-state index in [0.717, 1.165) is 17.3 Å². The van der Waals surface area contributed by atoms with E-state index in [1.54, 1.807) is 36.4 Å². The fourth-order valence-corrected chi connectivity index (χ4v) is 3.72. The van der Waals surface area contributed by atoms with E-state index in [4.69, 9.17) is 11.6 Å². The fourth-order valence-electron chi connectivity index (χ4n) is 2.79. The Hall–Kier alpha value is -4.02. The van der Waals surface area contributed by atoms with Crippen molar-refractivity contribution >= 4 is 41.2 Å². The molecule has 0 aliphatic carbocycles. The summed E-state index contributed by atoms with van der Waals surface area (Å²) in [6.07, 6.45) is 1.33. The van der Waals surface area contributed by atoms with Crippen molar-refractivity contribution in [2.75, 3.05) is 0 Å². The quantitative estimate of drug-likeness (QED) is 0.220. The topological polar surface area (TPSA) is 126 Å². The van der Waals surface area contributed by atoms with Crippen LogP contribution in [-0.2, 0) is 0 Å². The van der Waals surface area contributed by atoms with Crippen molar-refractivity contribution in [2.45, 2.75) is 10.1 Å². The van der Waals surface area contributed by atoms with Crippen LogP contribution in [0.25, 0.3) is 11.4 Å². The normalized spacial score (nSPS) is 10.9. The molecule has 0 saturated carbocycles. The maximum atomic E-state index is 12.1. The summed E-state index contributed by atoms with van der Waals surface area (Å²) in [6, 6.07) is 20.4. The molecule has 1 amide bonds. The summed E-state index contributed by atoms with van der Waals surface area (Å²) in [7, 11) is 0. The Morgan fingerprint density at radius 3 is 2.61 bits per heavy atom. The number of carbonyl (C=O) groups excluding carboxylic acids is 1. The SMILES string of the molecule is O=C(N/N=C\c1ccc(Sc2n[nH]c(-c3ccccc3)n2)c([N+](=O)[O-])c1)c1ccc(Cl)cc1. The van der Waals surface area contributed by atoms with Gasteiger partial charge < -0.3 is 0 Å². The third-order valence-electron chi connectivity index (χ3n) is 4.38. The Balaban J connectivity index is 1.47. The predicted molar refractivity (Wildman–Crippen MR) is 126 cm³/mol. The first kappa shape index (κ1) is 22.2. The van der Waals surface area contributed by atoms with E-state index in [1.165, 1.54) is 12.3 Å². The van der Waals surface area contributed by atoms with Crippen LogP contribution in [0.15, 0.2) is 87.9 Å². The van der Waals surface area contributed by atoms with Crippen LogP contribution in [0.4, 0.5) is 5.69 Å². The summed E-state index contributed by atoms with van der Waals surface area (Å²) in [4.78, 5) is 28.0. The van der Waals surface area contributed by atoms with Gasteiger partial charge in [0.2, 0.25) is 5.16 Å². The average molecular weight is 479 g/mol. The number of halogens is 1. The average Bonchev–Trinajstić information content (AvgIpc) is 3.29. The van der Waals surface area contributed by atoms with Crippen molar-refractivity contribution in [2.24, 2.45) is 5.10 Å². The molecule has 0 spiro atoms. The van der Waals surface area contributed by atoms with Gasteiger partial charge >= 0.3 is 0 Å². The van der Waals surface area contributed by atoms with Gasteiger partial charge in [-0.2, -0.15) is 5.10 Å². The molecule has 1 heterocycles. The Kier molecular flexibility index (Phi) is 6.77. The molecule has 11 heteroatoms. The molecule has 0 aliphatic rings. The number of nitrogens with zero attached hydrogens (tertiary/aromatic N) is 4. The molecule has 2 N–H and O–H groups in total. The summed E-state index contributed by atoms with van der Waals surface area (Å²) in [5.41, 5.74) is 3.94. The minimum atomic E-state index is -0.489. The molecule has 0 atom stereocenters. The number of hydrogen-bond donors (Lipinski definition) is 2. The van der Waals surface area contributed by atoms with E-state index in [1.807, 2.05) is 30.3 Å². The first-order valence-electron chi connectivity index (χ1n) is 9.53. The summed E-state index contributed by atoms with van der Waals surface area (Å²) >= 11 is 6.88. The van der Waals surface area contributed by atoms with Gasteiger partial charge in [0.15, 0.2) is 5.82 Å². The highest BCUT2D eigenvalue weighted by molar-refractivity contribution is 7.99. The van der Waals surface area contributed by atoms with Crippen molar-refractivity contribution in [3.63, 3.8) is 0 Å². The molecule has 0 aliphatic heterocycles. The van der Waals surface area contributed by atoms with Gasteiger partial charge in [-0.15, -0.1) is 5.10 Å². The van der Waals surface area contributed by atoms with E-state index in [0.29, 0.717) is 32.0 Å². The minimum absolute atomic E-state index is 0.126. The van der Waals surface area contributed by atoms with Gasteiger partial charge in [-0.3, -0.25) is 20.0 Å². The number of hydrazone groups is 1. The van der Waals surface area contributed by atoms with Crippen molar-refractivity contribution in [1.82, 2.24) is 20.6 Å². The van der Waals surface area contributed by atoms with Crippen molar-refractivity contribution in [1.29, 1.82) is 0 Å². The summed E-state index contributed by atoms with van der Waals surface area (Å²) in [5.74, 6) is 0.143. The molecule has 3 aromatic carbocycles. The molecule has 0 unspecified atom stereocenters. The van der Waals surface area contributed by atoms with E-state index >= 15 is 0 Å². The van der Waals surface area contributed by atoms with Gasteiger partial charge in [0.1, 0.15) is 0 Å². The van der Waals surface area contributed by atoms with Crippen molar-refractivity contribution < 1.29 is 9.72 Å². The van der Waals surface area contributed by atoms with Crippen LogP contribution in [0.5, 0.6) is 0 Å². The van der Waals surface area contributed by atoms with Gasteiger partial charge in [0, 0.05) is 27.8 Å². The number of benzene rings is 3. The lowest BCUT2D eigenvalue weighted by molar-refractivity contribution is -0.387. The van der Waals surface area contributed by atoms with E-state index in [-0.39, 0.29) is 5.69 Å². The molecular formula is C22H15ClN6O3S. The summed E-state index contributed by atoms with van der Waals surface area (Å²) in [6.45, 7) is 0. The number of carbonyl (C=O) groups is 1. The number of nitrogens with one attached hydrogen (secondary N) is 2. The smallest absolute Gasteiger partial charge is 0.267 e. The lowest BCUT2D eigenvalue weighted by Gasteiger charge is -2.02. The first-order chi connectivity index (χ1) is 16.0. The van der Waals surface area contributed by atoms with Crippen LogP contribution < -0.4 is 5.43 Å². The first-order valence-corrected chi connectivity index (χ1v) is 10.7. The minimum Gasteiger partial charge on any atom is -0.267 e. The highest BCUT2D eigenvalue weighted by Gasteiger charge is 2.18. The van der Waals surface area contributed by atoms with Gasteiger partial charge in [-0.05, 0) is 42.1 Å². The molecule has 1 aromatic heterocycles. The maximum Gasteiger partial charge on any atom is 0.283 e. The van der Waals surface area contributed by atoms with Gasteiger partial charge in [0.05, 0.1) is 16.0 Å². The molecule has 9 nitrogen and oxygen atoms in total. The highest BCUT2D eigenvalue weighted by atomic mass is 35.5. The second-order valence-corrected chi connectivity index (χ2v) is 8.07. The number of aromatic nitrogens is 3. The third-order valence-corrected chi connectivity index (χ3v) is 5.56. The zero-order valence-electron chi connectivity index (χ0n) is 16.8. The lowest BCUT2D eigenvalue weighted by atomic mass is 10.2. The third kappa shape index (κ3) is 5.62. The Bertz CT molecular complexity index is 1330. The lowest BCUT2D eigenvalue weighted by Crippen LogP contribution is -2.17. The zero-order valence-corrected chi connectivity index (χ0v) is 18.4. The number of H-pyrrole nitrogens is 1. The number of aromatic amines is 1. The Labute approximate surface area is 197 Å². The van der Waals surface area contributed by atoms with Gasteiger partial charge in [0.25, 0.3) is 11.6 Å². The number of hydrogen-bond acceptors (Lipinski definition) is 7. The summed E-state index contributed by atoms with van der Waals surface area (Å²) in [5, 5.41) is 23.3. The highest BCUT2D eigenvalue weighted by Crippen LogP contribution is 2.34.